The Hall–Kier alpha value is -1.11. The number of aryl methyl sites for hydroxylation is 1. The summed E-state index contributed by atoms with van der Waals surface area (Å²) in [4.78, 5) is 0.220. The van der Waals surface area contributed by atoms with Gasteiger partial charge in [-0.2, -0.15) is 0 Å². The first kappa shape index (κ1) is 14.0. The molecule has 1 aromatic carbocycles. The van der Waals surface area contributed by atoms with Crippen LogP contribution in [-0.2, 0) is 16.4 Å². The van der Waals surface area contributed by atoms with Crippen LogP contribution in [0.2, 0.25) is 0 Å². The molecule has 5 nitrogen and oxygen atoms in total. The molecule has 1 rings (SSSR count). The normalized spacial score (nSPS) is 11.6. The quantitative estimate of drug-likeness (QED) is 0.511. The highest BCUT2D eigenvalue weighted by atomic mass is 32.2. The van der Waals surface area contributed by atoms with Crippen LogP contribution in [0.1, 0.15) is 18.9 Å². The number of hydrogen-bond acceptors (Lipinski definition) is 4. The van der Waals surface area contributed by atoms with E-state index in [1.54, 1.807) is 12.1 Å². The first-order chi connectivity index (χ1) is 8.01. The Morgan fingerprint density at radius 1 is 1.41 bits per heavy atom. The topological polar surface area (TPSA) is 92.4 Å². The summed E-state index contributed by atoms with van der Waals surface area (Å²) in [5.74, 6) is 0. The van der Waals surface area contributed by atoms with Gasteiger partial charge in [0.15, 0.2) is 0 Å². The van der Waals surface area contributed by atoms with Crippen molar-refractivity contribution < 1.29 is 13.5 Å². The Balaban J connectivity index is 3.00. The first-order valence-corrected chi connectivity index (χ1v) is 6.98. The van der Waals surface area contributed by atoms with Gasteiger partial charge in [-0.25, -0.2) is 13.1 Å². The zero-order valence-electron chi connectivity index (χ0n) is 9.81. The van der Waals surface area contributed by atoms with E-state index in [0.717, 1.165) is 5.56 Å². The summed E-state index contributed by atoms with van der Waals surface area (Å²) in [6, 6.07) is 4.86. The maximum Gasteiger partial charge on any atom is 0.240 e. The van der Waals surface area contributed by atoms with Gasteiger partial charge in [0.25, 0.3) is 0 Å². The van der Waals surface area contributed by atoms with Crippen LogP contribution in [0.4, 0.5) is 5.69 Å². The third-order valence-corrected chi connectivity index (χ3v) is 3.93. The molecule has 0 atom stereocenters. The molecular formula is C11H18N2O3S. The molecule has 0 aromatic heterocycles. The van der Waals surface area contributed by atoms with E-state index in [1.165, 1.54) is 6.07 Å². The number of hydrogen-bond donors (Lipinski definition) is 3. The summed E-state index contributed by atoms with van der Waals surface area (Å²) < 4.78 is 26.4. The van der Waals surface area contributed by atoms with Gasteiger partial charge in [-0.15, -0.1) is 0 Å². The van der Waals surface area contributed by atoms with Gasteiger partial charge in [-0.3, -0.25) is 0 Å². The summed E-state index contributed by atoms with van der Waals surface area (Å²) in [6.45, 7) is 2.06. The minimum atomic E-state index is -3.54. The lowest BCUT2D eigenvalue weighted by atomic mass is 10.1. The van der Waals surface area contributed by atoms with Crippen LogP contribution in [0.25, 0.3) is 0 Å². The maximum atomic E-state index is 12.0. The average Bonchev–Trinajstić information content (AvgIpc) is 2.29. The van der Waals surface area contributed by atoms with E-state index in [1.807, 2.05) is 6.92 Å². The molecule has 0 amide bonds. The Labute approximate surface area is 102 Å². The van der Waals surface area contributed by atoms with E-state index in [2.05, 4.69) is 4.72 Å². The summed E-state index contributed by atoms with van der Waals surface area (Å²) in [5, 5.41) is 8.62. The molecule has 0 aliphatic carbocycles. The van der Waals surface area contributed by atoms with E-state index in [4.69, 9.17) is 10.8 Å². The fourth-order valence-corrected chi connectivity index (χ4v) is 2.89. The minimum absolute atomic E-state index is 0.0416. The molecule has 0 fully saturated rings. The lowest BCUT2D eigenvalue weighted by Crippen LogP contribution is -2.26. The maximum absolute atomic E-state index is 12.0. The van der Waals surface area contributed by atoms with Gasteiger partial charge in [-0.05, 0) is 30.5 Å². The molecule has 0 heterocycles. The fraction of sp³-hybridized carbons (Fsp3) is 0.455. The molecule has 0 saturated carbocycles. The van der Waals surface area contributed by atoms with Gasteiger partial charge in [0.2, 0.25) is 10.0 Å². The van der Waals surface area contributed by atoms with Crippen LogP contribution in [0.5, 0.6) is 0 Å². The molecule has 0 aliphatic heterocycles. The molecule has 0 saturated heterocycles. The van der Waals surface area contributed by atoms with E-state index in [0.29, 0.717) is 18.5 Å². The van der Waals surface area contributed by atoms with Gasteiger partial charge >= 0.3 is 0 Å². The monoisotopic (exact) mass is 258 g/mol. The molecule has 1 aromatic rings. The van der Waals surface area contributed by atoms with Gasteiger partial charge in [0.1, 0.15) is 0 Å². The number of sulfonamides is 1. The van der Waals surface area contributed by atoms with Crippen molar-refractivity contribution in [2.75, 3.05) is 18.9 Å². The van der Waals surface area contributed by atoms with Crippen molar-refractivity contribution in [1.29, 1.82) is 0 Å². The average molecular weight is 258 g/mol. The molecule has 4 N–H and O–H groups in total. The van der Waals surface area contributed by atoms with Crippen LogP contribution < -0.4 is 10.5 Å². The molecule has 0 spiro atoms. The van der Waals surface area contributed by atoms with Gasteiger partial charge in [-0.1, -0.05) is 13.0 Å². The van der Waals surface area contributed by atoms with Crippen molar-refractivity contribution in [1.82, 2.24) is 4.72 Å². The molecule has 17 heavy (non-hydrogen) atoms. The lowest BCUT2D eigenvalue weighted by Gasteiger charge is -2.10. The first-order valence-electron chi connectivity index (χ1n) is 5.50. The zero-order valence-corrected chi connectivity index (χ0v) is 10.6. The number of nitrogens with two attached hydrogens (primary N) is 1. The Bertz CT molecular complexity index is 472. The number of aliphatic hydroxyl groups excluding tert-OH is 1. The Kier molecular flexibility index (Phi) is 4.92. The Morgan fingerprint density at radius 2 is 2.12 bits per heavy atom. The smallest absolute Gasteiger partial charge is 0.240 e. The number of aliphatic hydroxyl groups is 1. The van der Waals surface area contributed by atoms with Crippen molar-refractivity contribution in [2.45, 2.75) is 24.7 Å². The van der Waals surface area contributed by atoms with Crippen LogP contribution >= 0.6 is 0 Å². The summed E-state index contributed by atoms with van der Waals surface area (Å²) in [6.07, 6.45) is 1.01. The molecule has 96 valence electrons. The predicted molar refractivity (Wildman–Crippen MR) is 67.1 cm³/mol. The Morgan fingerprint density at radius 3 is 2.71 bits per heavy atom. The number of benzene rings is 1. The SMILES string of the molecule is CCc1ccc(N)cc1S(=O)(=O)NCCCO. The van der Waals surface area contributed by atoms with E-state index < -0.39 is 10.0 Å². The van der Waals surface area contributed by atoms with Gasteiger partial charge < -0.3 is 10.8 Å². The van der Waals surface area contributed by atoms with Crippen molar-refractivity contribution in [3.8, 4) is 0 Å². The highest BCUT2D eigenvalue weighted by Crippen LogP contribution is 2.19. The van der Waals surface area contributed by atoms with E-state index in [-0.39, 0.29) is 18.0 Å². The fourth-order valence-electron chi connectivity index (χ4n) is 1.48. The van der Waals surface area contributed by atoms with E-state index in [9.17, 15) is 8.42 Å². The zero-order chi connectivity index (χ0) is 12.9. The number of nitrogens with one attached hydrogen (secondary N) is 1. The van der Waals surface area contributed by atoms with Crippen molar-refractivity contribution in [3.63, 3.8) is 0 Å². The summed E-state index contributed by atoms with van der Waals surface area (Å²) in [7, 11) is -3.54. The molecule has 0 bridgehead atoms. The number of anilines is 1. The van der Waals surface area contributed by atoms with Crippen LogP contribution in [0, 0.1) is 0 Å². The van der Waals surface area contributed by atoms with Crippen molar-refractivity contribution in [2.24, 2.45) is 0 Å². The molecule has 6 heteroatoms. The molecule has 0 aliphatic rings. The second-order valence-corrected chi connectivity index (χ2v) is 5.43. The van der Waals surface area contributed by atoms with Gasteiger partial charge in [0.05, 0.1) is 4.90 Å². The third kappa shape index (κ3) is 3.69. The van der Waals surface area contributed by atoms with Crippen LogP contribution in [0.15, 0.2) is 23.1 Å². The molecular weight excluding hydrogens is 240 g/mol. The highest BCUT2D eigenvalue weighted by molar-refractivity contribution is 7.89. The number of nitrogen functional groups attached to an aromatic ring is 1. The predicted octanol–water partition coefficient (Wildman–Crippen LogP) is 0.492. The summed E-state index contributed by atoms with van der Waals surface area (Å²) >= 11 is 0. The van der Waals surface area contributed by atoms with E-state index >= 15 is 0 Å². The number of rotatable bonds is 6. The third-order valence-electron chi connectivity index (χ3n) is 2.39. The standard InChI is InChI=1S/C11H18N2O3S/c1-2-9-4-5-10(12)8-11(9)17(15,16)13-6-3-7-14/h4-5,8,13-14H,2-3,6-7,12H2,1H3. The second kappa shape index (κ2) is 6.00. The largest absolute Gasteiger partial charge is 0.399 e. The van der Waals surface area contributed by atoms with Crippen LogP contribution in [0.3, 0.4) is 0 Å². The van der Waals surface area contributed by atoms with Crippen molar-refractivity contribution >= 4 is 15.7 Å². The van der Waals surface area contributed by atoms with Crippen molar-refractivity contribution in [3.05, 3.63) is 23.8 Å². The minimum Gasteiger partial charge on any atom is -0.399 e. The second-order valence-electron chi connectivity index (χ2n) is 3.70. The van der Waals surface area contributed by atoms with Gasteiger partial charge in [0, 0.05) is 18.8 Å². The molecule has 0 radical (unpaired) electrons. The molecule has 0 unspecified atom stereocenters. The van der Waals surface area contributed by atoms with Crippen LogP contribution in [-0.4, -0.2) is 26.7 Å². The highest BCUT2D eigenvalue weighted by Gasteiger charge is 2.17. The lowest BCUT2D eigenvalue weighted by molar-refractivity contribution is 0.289. The summed E-state index contributed by atoms with van der Waals surface area (Å²) in [5.41, 5.74) is 6.75.